The first-order valence-corrected chi connectivity index (χ1v) is 8.45. The van der Waals surface area contributed by atoms with Gasteiger partial charge in [0.25, 0.3) is 0 Å². The van der Waals surface area contributed by atoms with Gasteiger partial charge in [0.15, 0.2) is 5.82 Å². The molecule has 3 aromatic rings. The molecule has 0 saturated carbocycles. The fourth-order valence-corrected chi connectivity index (χ4v) is 2.58. The number of benzene rings is 2. The van der Waals surface area contributed by atoms with Gasteiger partial charge in [-0.05, 0) is 43.3 Å². The van der Waals surface area contributed by atoms with Crippen molar-refractivity contribution in [1.82, 2.24) is 9.97 Å². The topological polar surface area (TPSA) is 47.0 Å². The zero-order valence-electron chi connectivity index (χ0n) is 14.2. The van der Waals surface area contributed by atoms with Gasteiger partial charge in [0.2, 0.25) is 0 Å². The highest BCUT2D eigenvalue weighted by molar-refractivity contribution is 6.29. The number of anilines is 2. The van der Waals surface area contributed by atoms with Crippen LogP contribution >= 0.6 is 11.6 Å². The molecule has 0 unspecified atom stereocenters. The summed E-state index contributed by atoms with van der Waals surface area (Å²) in [6.45, 7) is 2.46. The number of hydrogen-bond acceptors (Lipinski definition) is 4. The van der Waals surface area contributed by atoms with E-state index in [1.165, 1.54) is 18.2 Å². The average molecular weight is 394 g/mol. The lowest BCUT2D eigenvalue weighted by atomic mass is 10.1. The molecule has 4 nitrogen and oxygen atoms in total. The van der Waals surface area contributed by atoms with E-state index in [1.54, 1.807) is 24.3 Å². The van der Waals surface area contributed by atoms with Crippen molar-refractivity contribution in [2.24, 2.45) is 0 Å². The van der Waals surface area contributed by atoms with E-state index in [0.717, 1.165) is 23.6 Å². The maximum atomic E-state index is 12.9. The van der Waals surface area contributed by atoms with Crippen molar-refractivity contribution in [3.8, 4) is 17.1 Å². The summed E-state index contributed by atoms with van der Waals surface area (Å²) in [7, 11) is 0. The Balaban J connectivity index is 1.88. The summed E-state index contributed by atoms with van der Waals surface area (Å²) in [5, 5.41) is 3.17. The lowest BCUT2D eigenvalue weighted by molar-refractivity contribution is -0.137. The molecule has 1 aromatic heterocycles. The number of alkyl halides is 3. The highest BCUT2D eigenvalue weighted by Gasteiger charge is 2.30. The molecule has 3 rings (SSSR count). The van der Waals surface area contributed by atoms with E-state index in [0.29, 0.717) is 12.4 Å². The van der Waals surface area contributed by atoms with Crippen LogP contribution in [0.5, 0.6) is 5.75 Å². The smallest absolute Gasteiger partial charge is 0.416 e. The minimum absolute atomic E-state index is 0.0991. The molecule has 0 aliphatic carbocycles. The zero-order chi connectivity index (χ0) is 19.4. The van der Waals surface area contributed by atoms with E-state index in [-0.39, 0.29) is 16.5 Å². The fraction of sp³-hybridized carbons (Fsp3) is 0.158. The third kappa shape index (κ3) is 4.89. The first-order valence-electron chi connectivity index (χ1n) is 8.07. The van der Waals surface area contributed by atoms with Crippen molar-refractivity contribution in [3.63, 3.8) is 0 Å². The summed E-state index contributed by atoms with van der Waals surface area (Å²) in [6.07, 6.45) is -4.45. The first-order chi connectivity index (χ1) is 12.8. The molecular weight excluding hydrogens is 379 g/mol. The SMILES string of the molecule is CCOc1ccc(Nc2cc(Cl)nc(-c3cccc(C(F)(F)F)c3)n2)cc1. The van der Waals surface area contributed by atoms with E-state index >= 15 is 0 Å². The molecule has 0 saturated heterocycles. The number of hydrogen-bond donors (Lipinski definition) is 1. The van der Waals surface area contributed by atoms with E-state index < -0.39 is 11.7 Å². The number of nitrogens with zero attached hydrogens (tertiary/aromatic N) is 2. The van der Waals surface area contributed by atoms with Crippen molar-refractivity contribution in [3.05, 3.63) is 65.3 Å². The van der Waals surface area contributed by atoms with Gasteiger partial charge in [0.1, 0.15) is 16.7 Å². The Morgan fingerprint density at radius 1 is 1.04 bits per heavy atom. The third-order valence-electron chi connectivity index (χ3n) is 3.58. The molecule has 1 heterocycles. The Morgan fingerprint density at radius 2 is 1.78 bits per heavy atom. The van der Waals surface area contributed by atoms with Crippen LogP contribution in [0, 0.1) is 0 Å². The predicted octanol–water partition coefficient (Wildman–Crippen LogP) is 5.96. The number of nitrogens with one attached hydrogen (secondary N) is 1. The van der Waals surface area contributed by atoms with Crippen LogP contribution in [0.25, 0.3) is 11.4 Å². The van der Waals surface area contributed by atoms with E-state index in [9.17, 15) is 13.2 Å². The Bertz CT molecular complexity index is 930. The van der Waals surface area contributed by atoms with Crippen LogP contribution in [0.4, 0.5) is 24.7 Å². The third-order valence-corrected chi connectivity index (χ3v) is 3.77. The monoisotopic (exact) mass is 393 g/mol. The van der Waals surface area contributed by atoms with Crippen LogP contribution in [-0.2, 0) is 6.18 Å². The molecular formula is C19H15ClF3N3O. The predicted molar refractivity (Wildman–Crippen MR) is 98.4 cm³/mol. The second-order valence-corrected chi connectivity index (χ2v) is 5.95. The quantitative estimate of drug-likeness (QED) is 0.543. The normalized spacial score (nSPS) is 11.3. The Hall–Kier alpha value is -2.80. The van der Waals surface area contributed by atoms with Gasteiger partial charge in [0, 0.05) is 17.3 Å². The second kappa shape index (κ2) is 7.84. The molecule has 0 aliphatic heterocycles. The highest BCUT2D eigenvalue weighted by Crippen LogP contribution is 2.32. The van der Waals surface area contributed by atoms with Gasteiger partial charge in [-0.15, -0.1) is 0 Å². The maximum absolute atomic E-state index is 12.9. The number of rotatable bonds is 5. The molecule has 8 heteroatoms. The van der Waals surface area contributed by atoms with Crippen molar-refractivity contribution < 1.29 is 17.9 Å². The Labute approximate surface area is 159 Å². The van der Waals surface area contributed by atoms with Gasteiger partial charge in [-0.25, -0.2) is 9.97 Å². The molecule has 0 spiro atoms. The van der Waals surface area contributed by atoms with E-state index in [2.05, 4.69) is 15.3 Å². The van der Waals surface area contributed by atoms with Gasteiger partial charge in [-0.3, -0.25) is 0 Å². The highest BCUT2D eigenvalue weighted by atomic mass is 35.5. The molecule has 0 aliphatic rings. The summed E-state index contributed by atoms with van der Waals surface area (Å²) < 4.78 is 44.2. The maximum Gasteiger partial charge on any atom is 0.416 e. The van der Waals surface area contributed by atoms with Crippen LogP contribution in [0.2, 0.25) is 5.15 Å². The summed E-state index contributed by atoms with van der Waals surface area (Å²) in [6, 6.07) is 13.5. The van der Waals surface area contributed by atoms with Crippen molar-refractivity contribution in [2.45, 2.75) is 13.1 Å². The molecule has 0 bridgehead atoms. The molecule has 2 aromatic carbocycles. The number of halogens is 4. The number of ether oxygens (including phenoxy) is 1. The molecule has 0 atom stereocenters. The van der Waals surface area contributed by atoms with Crippen LogP contribution in [0.15, 0.2) is 54.6 Å². The molecule has 0 amide bonds. The van der Waals surface area contributed by atoms with E-state index in [1.807, 2.05) is 6.92 Å². The van der Waals surface area contributed by atoms with Gasteiger partial charge in [-0.2, -0.15) is 13.2 Å². The molecule has 140 valence electrons. The van der Waals surface area contributed by atoms with Gasteiger partial charge >= 0.3 is 6.18 Å². The zero-order valence-corrected chi connectivity index (χ0v) is 15.0. The molecule has 1 N–H and O–H groups in total. The van der Waals surface area contributed by atoms with Crippen LogP contribution in [0.1, 0.15) is 12.5 Å². The number of aromatic nitrogens is 2. The lowest BCUT2D eigenvalue weighted by Gasteiger charge is -2.11. The Morgan fingerprint density at radius 3 is 2.44 bits per heavy atom. The minimum atomic E-state index is -4.45. The Kier molecular flexibility index (Phi) is 5.51. The lowest BCUT2D eigenvalue weighted by Crippen LogP contribution is -2.05. The molecule has 0 radical (unpaired) electrons. The van der Waals surface area contributed by atoms with Gasteiger partial charge in [0.05, 0.1) is 12.2 Å². The van der Waals surface area contributed by atoms with Crippen molar-refractivity contribution >= 4 is 23.1 Å². The fourth-order valence-electron chi connectivity index (χ4n) is 2.39. The molecule has 0 fully saturated rings. The largest absolute Gasteiger partial charge is 0.494 e. The summed E-state index contributed by atoms with van der Waals surface area (Å²) in [5.74, 6) is 1.20. The first kappa shape index (κ1) is 19.0. The molecule has 27 heavy (non-hydrogen) atoms. The summed E-state index contributed by atoms with van der Waals surface area (Å²) >= 11 is 6.03. The van der Waals surface area contributed by atoms with Gasteiger partial charge < -0.3 is 10.1 Å². The summed E-state index contributed by atoms with van der Waals surface area (Å²) in [4.78, 5) is 8.31. The summed E-state index contributed by atoms with van der Waals surface area (Å²) in [5.41, 5.74) is 0.176. The average Bonchev–Trinajstić information content (AvgIpc) is 2.62. The van der Waals surface area contributed by atoms with Crippen molar-refractivity contribution in [1.29, 1.82) is 0 Å². The van der Waals surface area contributed by atoms with E-state index in [4.69, 9.17) is 16.3 Å². The van der Waals surface area contributed by atoms with Crippen molar-refractivity contribution in [2.75, 3.05) is 11.9 Å². The minimum Gasteiger partial charge on any atom is -0.494 e. The van der Waals surface area contributed by atoms with Crippen LogP contribution in [-0.4, -0.2) is 16.6 Å². The second-order valence-electron chi connectivity index (χ2n) is 5.56. The van der Waals surface area contributed by atoms with Crippen LogP contribution in [0.3, 0.4) is 0 Å². The van der Waals surface area contributed by atoms with Gasteiger partial charge in [-0.1, -0.05) is 23.7 Å². The standard InChI is InChI=1S/C19H15ClF3N3O/c1-2-27-15-8-6-14(7-9-15)24-17-11-16(20)25-18(26-17)12-4-3-5-13(10-12)19(21,22)23/h3-11H,2H2,1H3,(H,24,25,26). The van der Waals surface area contributed by atoms with Crippen LogP contribution < -0.4 is 10.1 Å².